The Morgan fingerprint density at radius 2 is 1.75 bits per heavy atom. The van der Waals surface area contributed by atoms with E-state index >= 15 is 0 Å². The molecule has 1 amide bonds. The number of carbonyl (C=O) groups excluding carboxylic acids is 2. The van der Waals surface area contributed by atoms with Gasteiger partial charge in [0.05, 0.1) is 12.3 Å². The second-order valence-electron chi connectivity index (χ2n) is 7.25. The quantitative estimate of drug-likeness (QED) is 0.503. The number of phenolic OH excluding ortho intramolecular Hbond substituents is 1. The van der Waals surface area contributed by atoms with Gasteiger partial charge < -0.3 is 24.3 Å². The summed E-state index contributed by atoms with van der Waals surface area (Å²) < 4.78 is 17.1. The number of benzene rings is 2. The van der Waals surface area contributed by atoms with Gasteiger partial charge in [0, 0.05) is 24.6 Å². The Bertz CT molecular complexity index is 1090. The van der Waals surface area contributed by atoms with Crippen LogP contribution < -0.4 is 14.8 Å². The molecule has 166 valence electrons. The number of aryl methyl sites for hydroxylation is 1. The van der Waals surface area contributed by atoms with E-state index in [0.717, 1.165) is 28.8 Å². The second-order valence-corrected chi connectivity index (χ2v) is 8.22. The molecule has 2 heterocycles. The van der Waals surface area contributed by atoms with Crippen molar-refractivity contribution in [2.75, 3.05) is 6.61 Å². The lowest BCUT2D eigenvalue weighted by atomic mass is 10.1. The summed E-state index contributed by atoms with van der Waals surface area (Å²) in [6.45, 7) is 2.47. The van der Waals surface area contributed by atoms with E-state index in [1.54, 1.807) is 24.3 Å². The summed E-state index contributed by atoms with van der Waals surface area (Å²) in [5, 5.41) is 11.5. The minimum absolute atomic E-state index is 0.147. The zero-order valence-electron chi connectivity index (χ0n) is 17.4. The van der Waals surface area contributed by atoms with E-state index in [2.05, 4.69) is 10.3 Å². The number of amides is 1. The molecule has 0 aliphatic carbocycles. The Balaban J connectivity index is 1.24. The number of hydrogen-bond acceptors (Lipinski definition) is 8. The highest BCUT2D eigenvalue weighted by Gasteiger charge is 2.31. The molecule has 2 N–H and O–H groups in total. The fourth-order valence-corrected chi connectivity index (χ4v) is 3.89. The van der Waals surface area contributed by atoms with Crippen molar-refractivity contribution in [1.82, 2.24) is 10.3 Å². The number of thioether (sulfide) groups is 1. The zero-order valence-corrected chi connectivity index (χ0v) is 18.2. The van der Waals surface area contributed by atoms with Gasteiger partial charge in [-0.1, -0.05) is 12.1 Å². The molecule has 2 aromatic carbocycles. The molecular formula is C23H22N2O6S. The second kappa shape index (κ2) is 9.78. The van der Waals surface area contributed by atoms with Crippen molar-refractivity contribution in [1.29, 1.82) is 0 Å². The third-order valence-corrected chi connectivity index (χ3v) is 5.67. The first-order valence-electron chi connectivity index (χ1n) is 10.1. The number of rotatable bonds is 9. The minimum atomic E-state index is -0.471. The van der Waals surface area contributed by atoms with Gasteiger partial charge in [0.2, 0.25) is 11.0 Å². The molecule has 1 saturated heterocycles. The molecule has 4 rings (SSSR count). The molecule has 3 aromatic rings. The van der Waals surface area contributed by atoms with E-state index in [-0.39, 0.29) is 22.7 Å². The highest BCUT2D eigenvalue weighted by molar-refractivity contribution is 8.26. The van der Waals surface area contributed by atoms with Crippen molar-refractivity contribution in [2.24, 2.45) is 0 Å². The molecule has 9 heteroatoms. The number of oxazole rings is 1. The van der Waals surface area contributed by atoms with Gasteiger partial charge in [-0.05, 0) is 48.9 Å². The van der Waals surface area contributed by atoms with Crippen LogP contribution in [-0.4, -0.2) is 33.1 Å². The third-order valence-electron chi connectivity index (χ3n) is 4.88. The monoisotopic (exact) mass is 454 g/mol. The molecule has 8 nitrogen and oxygen atoms in total. The topological polar surface area (TPSA) is 111 Å². The fraction of sp³-hybridized carbons (Fsp3) is 0.261. The molecule has 1 unspecified atom stereocenters. The molecule has 1 aliphatic heterocycles. The first kappa shape index (κ1) is 21.8. The number of aromatic hydroxyl groups is 1. The number of phenols is 1. The van der Waals surface area contributed by atoms with Gasteiger partial charge in [-0.15, -0.1) is 0 Å². The summed E-state index contributed by atoms with van der Waals surface area (Å²) in [5.41, 5.74) is 1.75. The molecular weight excluding hydrogens is 432 g/mol. The number of nitrogens with one attached hydrogen (secondary N) is 1. The first-order valence-corrected chi connectivity index (χ1v) is 10.9. The smallest absolute Gasteiger partial charge is 0.287 e. The van der Waals surface area contributed by atoms with Crippen LogP contribution in [0.25, 0.3) is 0 Å². The summed E-state index contributed by atoms with van der Waals surface area (Å²) in [4.78, 5) is 27.4. The van der Waals surface area contributed by atoms with Gasteiger partial charge >= 0.3 is 0 Å². The van der Waals surface area contributed by atoms with Crippen LogP contribution in [-0.2, 0) is 24.2 Å². The maximum absolute atomic E-state index is 11.7. The lowest BCUT2D eigenvalue weighted by molar-refractivity contribution is -0.112. The lowest BCUT2D eigenvalue weighted by Crippen LogP contribution is -2.30. The van der Waals surface area contributed by atoms with Gasteiger partial charge in [0.25, 0.3) is 5.24 Å². The molecule has 1 aromatic heterocycles. The lowest BCUT2D eigenvalue weighted by Gasteiger charge is -2.09. The van der Waals surface area contributed by atoms with Crippen molar-refractivity contribution in [3.05, 3.63) is 71.4 Å². The highest BCUT2D eigenvalue weighted by Crippen LogP contribution is 2.21. The van der Waals surface area contributed by atoms with Crippen LogP contribution in [0.3, 0.4) is 0 Å². The molecule has 32 heavy (non-hydrogen) atoms. The average molecular weight is 455 g/mol. The summed E-state index contributed by atoms with van der Waals surface area (Å²) in [6.07, 6.45) is 1.04. The standard InChI is InChI=1S/C23H22N2O6S/c1-14-19(24-21(31-14)13-30-18-8-4-16(26)5-9-18)10-11-29-17-6-2-15(3-7-17)12-20-22(27)32-23(28)25-20/h2-9,20,26H,10-13H2,1H3,(H,25,28). The van der Waals surface area contributed by atoms with Crippen molar-refractivity contribution < 1.29 is 28.6 Å². The molecule has 0 bridgehead atoms. The van der Waals surface area contributed by atoms with E-state index < -0.39 is 6.04 Å². The van der Waals surface area contributed by atoms with E-state index in [4.69, 9.17) is 13.9 Å². The van der Waals surface area contributed by atoms with Crippen LogP contribution in [0.4, 0.5) is 4.79 Å². The van der Waals surface area contributed by atoms with Gasteiger partial charge in [-0.3, -0.25) is 9.59 Å². The fourth-order valence-electron chi connectivity index (χ4n) is 3.22. The normalized spacial score (nSPS) is 15.6. The van der Waals surface area contributed by atoms with Crippen LogP contribution in [0, 0.1) is 6.92 Å². The van der Waals surface area contributed by atoms with Crippen LogP contribution >= 0.6 is 11.8 Å². The van der Waals surface area contributed by atoms with E-state index in [1.807, 2.05) is 31.2 Å². The van der Waals surface area contributed by atoms with E-state index in [9.17, 15) is 14.7 Å². The maximum atomic E-state index is 11.7. The summed E-state index contributed by atoms with van der Waals surface area (Å²) in [6, 6.07) is 13.4. The highest BCUT2D eigenvalue weighted by atomic mass is 32.2. The largest absolute Gasteiger partial charge is 0.508 e. The Kier molecular flexibility index (Phi) is 6.65. The molecule has 1 aliphatic rings. The van der Waals surface area contributed by atoms with Crippen molar-refractivity contribution >= 4 is 22.1 Å². The van der Waals surface area contributed by atoms with Crippen molar-refractivity contribution in [2.45, 2.75) is 32.4 Å². The summed E-state index contributed by atoms with van der Waals surface area (Å²) in [5.74, 6) is 2.70. The maximum Gasteiger partial charge on any atom is 0.287 e. The zero-order chi connectivity index (χ0) is 22.5. The van der Waals surface area contributed by atoms with Crippen LogP contribution in [0.15, 0.2) is 52.9 Å². The van der Waals surface area contributed by atoms with Crippen LogP contribution in [0.2, 0.25) is 0 Å². The first-order chi connectivity index (χ1) is 15.5. The van der Waals surface area contributed by atoms with E-state index in [0.29, 0.717) is 36.8 Å². The number of aromatic nitrogens is 1. The summed E-state index contributed by atoms with van der Waals surface area (Å²) >= 11 is 0.721. The number of ether oxygens (including phenoxy) is 2. The van der Waals surface area contributed by atoms with Crippen LogP contribution in [0.1, 0.15) is 22.9 Å². The van der Waals surface area contributed by atoms with Gasteiger partial charge in [-0.2, -0.15) is 0 Å². The minimum Gasteiger partial charge on any atom is -0.508 e. The molecule has 0 spiro atoms. The number of hydrogen-bond donors (Lipinski definition) is 2. The average Bonchev–Trinajstić information content (AvgIpc) is 3.29. The van der Waals surface area contributed by atoms with Crippen molar-refractivity contribution in [3.63, 3.8) is 0 Å². The molecule has 0 radical (unpaired) electrons. The van der Waals surface area contributed by atoms with Gasteiger partial charge in [0.15, 0.2) is 6.61 Å². The van der Waals surface area contributed by atoms with E-state index in [1.165, 1.54) is 0 Å². The summed E-state index contributed by atoms with van der Waals surface area (Å²) in [7, 11) is 0. The number of carbonyl (C=O) groups is 2. The van der Waals surface area contributed by atoms with Crippen molar-refractivity contribution in [3.8, 4) is 17.2 Å². The molecule has 1 fully saturated rings. The third kappa shape index (κ3) is 5.61. The predicted molar refractivity (Wildman–Crippen MR) is 118 cm³/mol. The Morgan fingerprint density at radius 1 is 1.06 bits per heavy atom. The van der Waals surface area contributed by atoms with Gasteiger partial charge in [0.1, 0.15) is 29.1 Å². The Hall–Kier alpha value is -3.46. The SMILES string of the molecule is Cc1oc(COc2ccc(O)cc2)nc1CCOc1ccc(CC2NC(=O)SC2=O)cc1. The van der Waals surface area contributed by atoms with Gasteiger partial charge in [-0.25, -0.2) is 4.98 Å². The molecule has 0 saturated carbocycles. The predicted octanol–water partition coefficient (Wildman–Crippen LogP) is 3.78. The number of nitrogens with zero attached hydrogens (tertiary/aromatic N) is 1. The molecule has 1 atom stereocenters. The Morgan fingerprint density at radius 3 is 2.44 bits per heavy atom. The Labute approximate surface area is 188 Å². The van der Waals surface area contributed by atoms with Crippen LogP contribution in [0.5, 0.6) is 17.2 Å².